The first-order valence-corrected chi connectivity index (χ1v) is 7.61. The Balaban J connectivity index is 1.70. The van der Waals surface area contributed by atoms with Crippen LogP contribution < -0.4 is 5.32 Å². The van der Waals surface area contributed by atoms with Crippen molar-refractivity contribution in [1.82, 2.24) is 10.2 Å². The summed E-state index contributed by atoms with van der Waals surface area (Å²) in [5, 5.41) is 3.56. The van der Waals surface area contributed by atoms with Gasteiger partial charge in [-0.25, -0.2) is 0 Å². The average Bonchev–Trinajstić information content (AvgIpc) is 3.14. The lowest BCUT2D eigenvalue weighted by Gasteiger charge is -2.17. The lowest BCUT2D eigenvalue weighted by atomic mass is 10.1. The van der Waals surface area contributed by atoms with Crippen molar-refractivity contribution in [3.63, 3.8) is 0 Å². The van der Waals surface area contributed by atoms with Crippen molar-refractivity contribution in [2.75, 3.05) is 26.7 Å². The van der Waals surface area contributed by atoms with Crippen LogP contribution in [0.4, 0.5) is 0 Å². The molecule has 0 spiro atoms. The van der Waals surface area contributed by atoms with Gasteiger partial charge in [0, 0.05) is 30.1 Å². The van der Waals surface area contributed by atoms with Crippen molar-refractivity contribution in [3.8, 4) is 0 Å². The minimum absolute atomic E-state index is 0.825. The van der Waals surface area contributed by atoms with E-state index in [1.54, 1.807) is 0 Å². The van der Waals surface area contributed by atoms with E-state index >= 15 is 0 Å². The molecule has 0 aliphatic heterocycles. The van der Waals surface area contributed by atoms with Gasteiger partial charge in [0.2, 0.25) is 0 Å². The largest absolute Gasteiger partial charge is 0.313 e. The standard InChI is InChI=1S/C15H23BrN2/c1-12-3-4-14(16)11-13(12)7-9-18(2)10-8-17-15-5-6-15/h3-4,11,15,17H,5-10H2,1-2H3. The monoisotopic (exact) mass is 310 g/mol. The molecule has 0 bridgehead atoms. The van der Waals surface area contributed by atoms with Crippen LogP contribution in [0.2, 0.25) is 0 Å². The average molecular weight is 311 g/mol. The van der Waals surface area contributed by atoms with E-state index in [9.17, 15) is 0 Å². The molecule has 2 rings (SSSR count). The van der Waals surface area contributed by atoms with Crippen LogP contribution in [0, 0.1) is 6.92 Å². The second-order valence-electron chi connectivity index (χ2n) is 5.35. The van der Waals surface area contributed by atoms with Gasteiger partial charge in [0.15, 0.2) is 0 Å². The maximum Gasteiger partial charge on any atom is 0.0178 e. The van der Waals surface area contributed by atoms with Gasteiger partial charge in [-0.1, -0.05) is 22.0 Å². The van der Waals surface area contributed by atoms with Crippen LogP contribution in [-0.2, 0) is 6.42 Å². The summed E-state index contributed by atoms with van der Waals surface area (Å²) in [5.74, 6) is 0. The highest BCUT2D eigenvalue weighted by molar-refractivity contribution is 9.10. The SMILES string of the molecule is Cc1ccc(Br)cc1CCN(C)CCNC1CC1. The highest BCUT2D eigenvalue weighted by atomic mass is 79.9. The summed E-state index contributed by atoms with van der Waals surface area (Å²) < 4.78 is 1.18. The van der Waals surface area contributed by atoms with Crippen LogP contribution >= 0.6 is 15.9 Å². The fraction of sp³-hybridized carbons (Fsp3) is 0.600. The molecular formula is C15H23BrN2. The molecule has 1 aliphatic carbocycles. The zero-order valence-electron chi connectivity index (χ0n) is 11.4. The van der Waals surface area contributed by atoms with Crippen molar-refractivity contribution < 1.29 is 0 Å². The second-order valence-corrected chi connectivity index (χ2v) is 6.27. The van der Waals surface area contributed by atoms with Gasteiger partial charge in [-0.05, 0) is 56.5 Å². The van der Waals surface area contributed by atoms with E-state index in [0.717, 1.165) is 32.1 Å². The van der Waals surface area contributed by atoms with Crippen molar-refractivity contribution in [3.05, 3.63) is 33.8 Å². The van der Waals surface area contributed by atoms with Gasteiger partial charge >= 0.3 is 0 Å². The molecule has 0 unspecified atom stereocenters. The molecule has 3 heteroatoms. The fourth-order valence-corrected chi connectivity index (χ4v) is 2.49. The Kier molecular flexibility index (Phi) is 5.22. The van der Waals surface area contributed by atoms with Gasteiger partial charge < -0.3 is 10.2 Å². The molecule has 2 nitrogen and oxygen atoms in total. The molecule has 1 N–H and O–H groups in total. The zero-order valence-corrected chi connectivity index (χ0v) is 13.0. The van der Waals surface area contributed by atoms with Crippen LogP contribution in [0.5, 0.6) is 0 Å². The normalized spacial score (nSPS) is 15.3. The molecule has 1 fully saturated rings. The molecule has 1 saturated carbocycles. The van der Waals surface area contributed by atoms with Crippen molar-refractivity contribution in [1.29, 1.82) is 0 Å². The van der Waals surface area contributed by atoms with Crippen LogP contribution in [-0.4, -0.2) is 37.6 Å². The molecule has 0 heterocycles. The van der Waals surface area contributed by atoms with Crippen molar-refractivity contribution in [2.45, 2.75) is 32.2 Å². The fourth-order valence-electron chi connectivity index (χ4n) is 2.08. The summed E-state index contributed by atoms with van der Waals surface area (Å²) in [5.41, 5.74) is 2.84. The maximum absolute atomic E-state index is 3.56. The minimum atomic E-state index is 0.825. The van der Waals surface area contributed by atoms with Crippen LogP contribution in [0.25, 0.3) is 0 Å². The van der Waals surface area contributed by atoms with Crippen LogP contribution in [0.15, 0.2) is 22.7 Å². The quantitative estimate of drug-likeness (QED) is 0.833. The Morgan fingerprint density at radius 1 is 1.33 bits per heavy atom. The highest BCUT2D eigenvalue weighted by Gasteiger charge is 2.19. The molecule has 0 saturated heterocycles. The van der Waals surface area contributed by atoms with Gasteiger partial charge in [-0.3, -0.25) is 0 Å². The number of nitrogens with one attached hydrogen (secondary N) is 1. The van der Waals surface area contributed by atoms with Gasteiger partial charge in [-0.15, -0.1) is 0 Å². The van der Waals surface area contributed by atoms with Crippen molar-refractivity contribution >= 4 is 15.9 Å². The van der Waals surface area contributed by atoms with E-state index in [1.165, 1.54) is 28.4 Å². The summed E-state index contributed by atoms with van der Waals surface area (Å²) >= 11 is 3.54. The first-order valence-electron chi connectivity index (χ1n) is 6.82. The van der Waals surface area contributed by atoms with Crippen LogP contribution in [0.1, 0.15) is 24.0 Å². The third kappa shape index (κ3) is 4.71. The minimum Gasteiger partial charge on any atom is -0.313 e. The van der Waals surface area contributed by atoms with Gasteiger partial charge in [0.05, 0.1) is 0 Å². The summed E-state index contributed by atoms with van der Waals surface area (Å²) in [6, 6.07) is 7.37. The molecular weight excluding hydrogens is 288 g/mol. The lowest BCUT2D eigenvalue weighted by molar-refractivity contribution is 0.335. The second kappa shape index (κ2) is 6.69. The number of halogens is 1. The van der Waals surface area contributed by atoms with Gasteiger partial charge in [0.25, 0.3) is 0 Å². The van der Waals surface area contributed by atoms with E-state index in [2.05, 4.69) is 58.3 Å². The smallest absolute Gasteiger partial charge is 0.0178 e. The Hall–Kier alpha value is -0.380. The molecule has 18 heavy (non-hydrogen) atoms. The summed E-state index contributed by atoms with van der Waals surface area (Å²) in [7, 11) is 2.21. The first kappa shape index (κ1) is 14.0. The van der Waals surface area contributed by atoms with Crippen molar-refractivity contribution in [2.24, 2.45) is 0 Å². The maximum atomic E-state index is 3.56. The summed E-state index contributed by atoms with van der Waals surface area (Å²) in [6.07, 6.45) is 3.88. The summed E-state index contributed by atoms with van der Waals surface area (Å²) in [4.78, 5) is 2.41. The molecule has 1 aromatic rings. The molecule has 0 atom stereocenters. The number of benzene rings is 1. The Morgan fingerprint density at radius 2 is 2.11 bits per heavy atom. The van der Waals surface area contributed by atoms with Gasteiger partial charge in [0.1, 0.15) is 0 Å². The molecule has 1 aliphatic rings. The molecule has 0 aromatic heterocycles. The predicted molar refractivity (Wildman–Crippen MR) is 81.1 cm³/mol. The third-order valence-electron chi connectivity index (χ3n) is 3.58. The number of aryl methyl sites for hydroxylation is 1. The number of nitrogens with zero attached hydrogens (tertiary/aromatic N) is 1. The number of likely N-dealkylation sites (N-methyl/N-ethyl adjacent to an activating group) is 1. The first-order chi connectivity index (χ1) is 8.65. The number of hydrogen-bond acceptors (Lipinski definition) is 2. The van der Waals surface area contributed by atoms with E-state index in [1.807, 2.05) is 0 Å². The van der Waals surface area contributed by atoms with Crippen LogP contribution in [0.3, 0.4) is 0 Å². The highest BCUT2D eigenvalue weighted by Crippen LogP contribution is 2.18. The summed E-state index contributed by atoms with van der Waals surface area (Å²) in [6.45, 7) is 5.59. The molecule has 0 amide bonds. The number of hydrogen-bond donors (Lipinski definition) is 1. The molecule has 1 aromatic carbocycles. The Bertz CT molecular complexity index is 388. The van der Waals surface area contributed by atoms with E-state index in [0.29, 0.717) is 0 Å². The number of rotatable bonds is 7. The topological polar surface area (TPSA) is 15.3 Å². The molecule has 0 radical (unpaired) electrons. The Labute approximate surface area is 119 Å². The van der Waals surface area contributed by atoms with Gasteiger partial charge in [-0.2, -0.15) is 0 Å². The predicted octanol–water partition coefficient (Wildman–Crippen LogP) is 2.98. The Morgan fingerprint density at radius 3 is 2.83 bits per heavy atom. The lowest BCUT2D eigenvalue weighted by Crippen LogP contribution is -2.31. The molecule has 100 valence electrons. The van der Waals surface area contributed by atoms with E-state index in [4.69, 9.17) is 0 Å². The van der Waals surface area contributed by atoms with E-state index in [-0.39, 0.29) is 0 Å². The zero-order chi connectivity index (χ0) is 13.0. The van der Waals surface area contributed by atoms with E-state index < -0.39 is 0 Å². The third-order valence-corrected chi connectivity index (χ3v) is 4.07.